The second-order valence-corrected chi connectivity index (χ2v) is 20.1. The molecule has 0 radical (unpaired) electrons. The lowest BCUT2D eigenvalue weighted by Crippen LogP contribution is -2.35. The van der Waals surface area contributed by atoms with Crippen LogP contribution in [0.1, 0.15) is 91.7 Å². The van der Waals surface area contributed by atoms with E-state index in [0.29, 0.717) is 12.0 Å². The number of fused-ring (bicyclic) bond motifs is 2. The third-order valence-corrected chi connectivity index (χ3v) is 12.5. The summed E-state index contributed by atoms with van der Waals surface area (Å²) >= 11 is 1.95. The molecule has 0 aliphatic carbocycles. The number of rotatable bonds is 21. The largest absolute Gasteiger partial charge is 0.344 e. The number of allylic oxidation sites excluding steroid dienone is 6. The third kappa shape index (κ3) is 11.3. The normalized spacial score (nSPS) is 17.8. The number of hydrogen-bond donors (Lipinski definition) is 3. The third-order valence-electron chi connectivity index (χ3n) is 10.4. The predicted molar refractivity (Wildman–Crippen MR) is 225 cm³/mol. The first kappa shape index (κ1) is 44.3. The van der Waals surface area contributed by atoms with Crippen LogP contribution in [-0.4, -0.2) is 68.6 Å². The Kier molecular flexibility index (Phi) is 16.5. The Morgan fingerprint density at radius 3 is 2.17 bits per heavy atom. The van der Waals surface area contributed by atoms with Crippen molar-refractivity contribution < 1.29 is 38.0 Å². The molecule has 1 atom stereocenters. The molecule has 0 saturated carbocycles. The number of hydrogen-bond acceptors (Lipinski definition) is 11. The molecule has 3 N–H and O–H groups in total. The van der Waals surface area contributed by atoms with Gasteiger partial charge in [0.2, 0.25) is 5.69 Å². The molecular weight excluding hydrogens is 743 g/mol. The molecule has 2 aromatic rings. The molecule has 0 spiro atoms. The summed E-state index contributed by atoms with van der Waals surface area (Å²) < 4.78 is 24.1. The zero-order valence-electron chi connectivity index (χ0n) is 33.3. The van der Waals surface area contributed by atoms with Crippen molar-refractivity contribution in [1.29, 1.82) is 0 Å². The minimum Gasteiger partial charge on any atom is -0.344 e. The number of unbranched alkanes of at least 4 members (excludes halogenated alkanes) is 3. The molecule has 2 aromatic carbocycles. The molecule has 298 valence electrons. The van der Waals surface area contributed by atoms with Gasteiger partial charge in [0.15, 0.2) is 5.71 Å². The van der Waals surface area contributed by atoms with Crippen LogP contribution < -0.4 is 10.2 Å². The highest BCUT2D eigenvalue weighted by atomic mass is 32.2. The van der Waals surface area contributed by atoms with Crippen molar-refractivity contribution >= 4 is 56.1 Å². The van der Waals surface area contributed by atoms with Crippen molar-refractivity contribution in [2.75, 3.05) is 37.0 Å². The molecule has 2 aliphatic rings. The molecule has 13 heteroatoms. The number of likely N-dealkylation sites (N-methyl/N-ethyl adjacent to an activating group) is 1. The highest BCUT2D eigenvalue weighted by Gasteiger charge is 2.44. The maximum Gasteiger partial charge on any atom is 0.209 e. The van der Waals surface area contributed by atoms with E-state index in [2.05, 4.69) is 132 Å². The fourth-order valence-corrected chi connectivity index (χ4v) is 8.89. The lowest BCUT2D eigenvalue weighted by atomic mass is 9.81. The van der Waals surface area contributed by atoms with Gasteiger partial charge in [0.25, 0.3) is 0 Å². The fourth-order valence-electron chi connectivity index (χ4n) is 7.42. The van der Waals surface area contributed by atoms with Gasteiger partial charge in [0.1, 0.15) is 6.54 Å². The van der Waals surface area contributed by atoms with E-state index < -0.39 is 9.52 Å². The highest BCUT2D eigenvalue weighted by Crippen LogP contribution is 2.49. The van der Waals surface area contributed by atoms with Crippen molar-refractivity contribution in [1.82, 2.24) is 5.32 Å². The Morgan fingerprint density at radius 1 is 0.889 bits per heavy atom. The minimum atomic E-state index is -1.85. The first-order valence-electron chi connectivity index (χ1n) is 18.7. The van der Waals surface area contributed by atoms with Gasteiger partial charge in [-0.15, -0.1) is 8.67 Å². The van der Waals surface area contributed by atoms with Crippen LogP contribution in [0.15, 0.2) is 82.3 Å². The summed E-state index contributed by atoms with van der Waals surface area (Å²) in [4.78, 5) is 4.03. The molecule has 2 heterocycles. The van der Waals surface area contributed by atoms with Crippen molar-refractivity contribution in [3.8, 4) is 0 Å². The van der Waals surface area contributed by atoms with Gasteiger partial charge in [-0.05, 0) is 109 Å². The first-order chi connectivity index (χ1) is 25.6. The molecule has 0 fully saturated rings. The zero-order chi connectivity index (χ0) is 39.5. The summed E-state index contributed by atoms with van der Waals surface area (Å²) in [5, 5.41) is 30.7. The molecule has 0 bridgehead atoms. The Hall–Kier alpha value is -2.43. The molecule has 0 saturated heterocycles. The van der Waals surface area contributed by atoms with Gasteiger partial charge in [0, 0.05) is 75.8 Å². The van der Waals surface area contributed by atoms with Crippen molar-refractivity contribution in [2.24, 2.45) is 5.92 Å². The van der Waals surface area contributed by atoms with Crippen LogP contribution in [0.25, 0.3) is 0 Å². The van der Waals surface area contributed by atoms with Crippen molar-refractivity contribution in [2.45, 2.75) is 107 Å². The van der Waals surface area contributed by atoms with E-state index in [1.807, 2.05) is 17.5 Å². The van der Waals surface area contributed by atoms with Crippen LogP contribution in [-0.2, 0) is 39.1 Å². The highest BCUT2D eigenvalue weighted by molar-refractivity contribution is 8.00. The van der Waals surface area contributed by atoms with Crippen LogP contribution in [0.2, 0.25) is 0 Å². The predicted octanol–water partition coefficient (Wildman–Crippen LogP) is 9.64. The molecule has 0 amide bonds. The van der Waals surface area contributed by atoms with Gasteiger partial charge >= 0.3 is 0 Å². The Labute approximate surface area is 331 Å². The van der Waals surface area contributed by atoms with Gasteiger partial charge < -0.3 is 10.2 Å². The van der Waals surface area contributed by atoms with Gasteiger partial charge in [-0.1, -0.05) is 62.4 Å². The quantitative estimate of drug-likeness (QED) is 0.0213. The van der Waals surface area contributed by atoms with Crippen LogP contribution in [0, 0.1) is 5.92 Å². The molecule has 2 aliphatic heterocycles. The summed E-state index contributed by atoms with van der Waals surface area (Å²) in [6.45, 7) is 18.2. The smallest absolute Gasteiger partial charge is 0.209 e. The topological polar surface area (TPSA) is 113 Å². The lowest BCUT2D eigenvalue weighted by molar-refractivity contribution is -0.438. The average molecular weight is 803 g/mol. The number of benzene rings is 2. The van der Waals surface area contributed by atoms with E-state index in [1.165, 1.54) is 28.2 Å². The number of nitrogens with zero attached hydrogens (tertiary/aromatic N) is 2. The van der Waals surface area contributed by atoms with Crippen LogP contribution >= 0.6 is 24.1 Å². The lowest BCUT2D eigenvalue weighted by Gasteiger charge is -2.25. The van der Waals surface area contributed by atoms with Crippen LogP contribution in [0.5, 0.6) is 0 Å². The second-order valence-electron chi connectivity index (χ2n) is 15.6. The van der Waals surface area contributed by atoms with Gasteiger partial charge in [-0.25, -0.2) is 10.5 Å². The molecule has 4 rings (SSSR count). The van der Waals surface area contributed by atoms with E-state index in [0.717, 1.165) is 91.3 Å². The van der Waals surface area contributed by atoms with E-state index in [-0.39, 0.29) is 10.8 Å². The maximum atomic E-state index is 12.2. The van der Waals surface area contributed by atoms with Gasteiger partial charge in [0.05, 0.1) is 29.5 Å². The van der Waals surface area contributed by atoms with Crippen LogP contribution in [0.4, 0.5) is 11.4 Å². The zero-order valence-corrected chi connectivity index (χ0v) is 35.7. The van der Waals surface area contributed by atoms with Gasteiger partial charge in [-0.2, -0.15) is 4.58 Å². The van der Waals surface area contributed by atoms with E-state index in [9.17, 15) is 4.21 Å². The SMILES string of the molecule is CCN1/C(=C/C=C/C=C/C2=[N+](CCCCCCN[C@H](CC=S(C)(C)=O)C(C)C)c3ccc(SOOO)cc3C2(C)C)C(C)(C)c2cc(SOOO)ccc21. The molecule has 0 aromatic heterocycles. The van der Waals surface area contributed by atoms with E-state index >= 15 is 0 Å². The molecule has 0 unspecified atom stereocenters. The maximum absolute atomic E-state index is 12.2. The molecule has 10 nitrogen and oxygen atoms in total. The fraction of sp³-hybridized carbons (Fsp3) is 0.512. The Bertz CT molecular complexity index is 1820. The van der Waals surface area contributed by atoms with E-state index in [1.54, 1.807) is 12.5 Å². The van der Waals surface area contributed by atoms with Crippen LogP contribution in [0.3, 0.4) is 0 Å². The summed E-state index contributed by atoms with van der Waals surface area (Å²) in [7, 11) is -1.85. The monoisotopic (exact) mass is 802 g/mol. The van der Waals surface area contributed by atoms with Crippen molar-refractivity contribution in [3.63, 3.8) is 0 Å². The van der Waals surface area contributed by atoms with E-state index in [4.69, 9.17) is 14.8 Å². The summed E-state index contributed by atoms with van der Waals surface area (Å²) in [6.07, 6.45) is 19.6. The van der Waals surface area contributed by atoms with Crippen molar-refractivity contribution in [3.05, 3.63) is 83.6 Å². The molecular formula is C41H60N3O7S3+. The summed E-state index contributed by atoms with van der Waals surface area (Å²) in [6, 6.07) is 12.7. The number of nitrogens with one attached hydrogen (secondary N) is 1. The minimum absolute atomic E-state index is 0.238. The Morgan fingerprint density at radius 2 is 1.54 bits per heavy atom. The summed E-state index contributed by atoms with van der Waals surface area (Å²) in [5.41, 5.74) is 6.64. The standard InChI is InChI=1S/C41H59N3O7S3/c1-10-43-36-22-20-31(52-50-48-45)28-33(36)40(4,5)38(43)18-14-13-15-19-39-41(6,7)34-29-32(53-51-49-46)21-23-37(34)44(39)26-17-12-11-16-25-42-35(30(2)3)24-27-54(8,9)47/h13-15,18-23,27-30,35,42H,10-12,16-17,24-26H2,1-9H3,(H-,45,46)/p+1/t35-/m1/s1. The number of anilines is 1. The Balaban J connectivity index is 1.48. The molecule has 54 heavy (non-hydrogen) atoms. The summed E-state index contributed by atoms with van der Waals surface area (Å²) in [5.74, 6) is 0.484. The average Bonchev–Trinajstić information content (AvgIpc) is 3.47. The first-order valence-corrected chi connectivity index (χ1v) is 22.6. The van der Waals surface area contributed by atoms with Gasteiger partial charge in [-0.3, -0.25) is 4.21 Å². The second kappa shape index (κ2) is 20.1.